The third-order valence-electron chi connectivity index (χ3n) is 9.76. The lowest BCUT2D eigenvalue weighted by atomic mass is 10.1. The van der Waals surface area contributed by atoms with Gasteiger partial charge in [0.1, 0.15) is 13.2 Å². The molecule has 0 aromatic rings. The van der Waals surface area contributed by atoms with E-state index in [0.717, 1.165) is 103 Å². The van der Waals surface area contributed by atoms with E-state index in [1.807, 2.05) is 0 Å². The van der Waals surface area contributed by atoms with Crippen LogP contribution in [0.2, 0.25) is 0 Å². The highest BCUT2D eigenvalue weighted by Gasteiger charge is 2.19. The zero-order valence-corrected chi connectivity index (χ0v) is 36.6. The Morgan fingerprint density at radius 3 is 1.12 bits per heavy atom. The maximum Gasteiger partial charge on any atom is 0.306 e. The Balaban J connectivity index is 4.41. The van der Waals surface area contributed by atoms with Gasteiger partial charge in [-0.3, -0.25) is 14.4 Å². The van der Waals surface area contributed by atoms with Crippen molar-refractivity contribution in [3.8, 4) is 0 Å². The second kappa shape index (κ2) is 44.8. The predicted molar refractivity (Wildman–Crippen MR) is 238 cm³/mol. The Hall–Kier alpha value is -2.89. The van der Waals surface area contributed by atoms with E-state index in [2.05, 4.69) is 81.5 Å². The van der Waals surface area contributed by atoms with Crippen molar-refractivity contribution in [3.05, 3.63) is 60.8 Å². The van der Waals surface area contributed by atoms with Crippen LogP contribution in [0.25, 0.3) is 0 Å². The summed E-state index contributed by atoms with van der Waals surface area (Å²) >= 11 is 0. The van der Waals surface area contributed by atoms with Gasteiger partial charge in [-0.15, -0.1) is 0 Å². The van der Waals surface area contributed by atoms with Crippen LogP contribution in [0.15, 0.2) is 60.8 Å². The molecule has 322 valence electrons. The van der Waals surface area contributed by atoms with Gasteiger partial charge in [-0.1, -0.05) is 178 Å². The number of hydrogen-bond donors (Lipinski definition) is 0. The number of ether oxygens (including phenoxy) is 3. The molecule has 6 nitrogen and oxygen atoms in total. The normalized spacial score (nSPS) is 12.6. The number of unbranched alkanes of at least 4 members (excludes halogenated alkanes) is 20. The van der Waals surface area contributed by atoms with Crippen LogP contribution in [0.4, 0.5) is 0 Å². The van der Waals surface area contributed by atoms with Crippen molar-refractivity contribution >= 4 is 17.9 Å². The summed E-state index contributed by atoms with van der Waals surface area (Å²) in [5, 5.41) is 0. The smallest absolute Gasteiger partial charge is 0.306 e. The van der Waals surface area contributed by atoms with E-state index in [1.54, 1.807) is 0 Å². The van der Waals surface area contributed by atoms with E-state index in [4.69, 9.17) is 14.2 Å². The van der Waals surface area contributed by atoms with Crippen molar-refractivity contribution in [2.75, 3.05) is 13.2 Å². The maximum atomic E-state index is 12.7. The lowest BCUT2D eigenvalue weighted by Crippen LogP contribution is -2.30. The molecule has 0 fully saturated rings. The van der Waals surface area contributed by atoms with Crippen LogP contribution in [0.1, 0.15) is 220 Å². The van der Waals surface area contributed by atoms with Gasteiger partial charge in [0, 0.05) is 19.3 Å². The summed E-state index contributed by atoms with van der Waals surface area (Å²) in [6, 6.07) is 0. The Morgan fingerprint density at radius 1 is 0.375 bits per heavy atom. The van der Waals surface area contributed by atoms with E-state index < -0.39 is 6.10 Å². The monoisotopic (exact) mass is 783 g/mol. The zero-order chi connectivity index (χ0) is 40.8. The van der Waals surface area contributed by atoms with Crippen molar-refractivity contribution in [2.45, 2.75) is 226 Å². The highest BCUT2D eigenvalue weighted by atomic mass is 16.6. The Morgan fingerprint density at radius 2 is 0.696 bits per heavy atom. The van der Waals surface area contributed by atoms with Gasteiger partial charge in [-0.05, 0) is 83.5 Å². The first-order valence-electron chi connectivity index (χ1n) is 23.3. The lowest BCUT2D eigenvalue weighted by molar-refractivity contribution is -0.167. The SMILES string of the molecule is CC/C=C\C/C=C\C/C=C\CCCCCC(=O)OC(COC(=O)CCCCCCC/C=C\C/C=C\CCCCCC)COC(=O)CCCCCCCCCCC. The Bertz CT molecular complexity index is 1040. The van der Waals surface area contributed by atoms with Crippen molar-refractivity contribution in [1.29, 1.82) is 0 Å². The van der Waals surface area contributed by atoms with E-state index >= 15 is 0 Å². The molecule has 0 heterocycles. The largest absolute Gasteiger partial charge is 0.462 e. The molecule has 0 radical (unpaired) electrons. The van der Waals surface area contributed by atoms with Crippen LogP contribution in [0, 0.1) is 0 Å². The summed E-state index contributed by atoms with van der Waals surface area (Å²) < 4.78 is 16.7. The molecule has 6 heteroatoms. The molecule has 0 bridgehead atoms. The number of allylic oxidation sites excluding steroid dienone is 10. The highest BCUT2D eigenvalue weighted by Crippen LogP contribution is 2.13. The third kappa shape index (κ3) is 42.3. The molecule has 0 aromatic heterocycles. The highest BCUT2D eigenvalue weighted by molar-refractivity contribution is 5.71. The van der Waals surface area contributed by atoms with E-state index in [0.29, 0.717) is 19.3 Å². The summed E-state index contributed by atoms with van der Waals surface area (Å²) in [5.41, 5.74) is 0. The molecule has 1 atom stereocenters. The van der Waals surface area contributed by atoms with Gasteiger partial charge in [0.25, 0.3) is 0 Å². The first-order valence-corrected chi connectivity index (χ1v) is 23.3. The van der Waals surface area contributed by atoms with E-state index in [-0.39, 0.29) is 31.1 Å². The van der Waals surface area contributed by atoms with Crippen molar-refractivity contribution in [2.24, 2.45) is 0 Å². The summed E-state index contributed by atoms with van der Waals surface area (Å²) in [5.74, 6) is -0.939. The molecule has 56 heavy (non-hydrogen) atoms. The fraction of sp³-hybridized carbons (Fsp3) is 0.740. The molecule has 0 rings (SSSR count). The fourth-order valence-electron chi connectivity index (χ4n) is 6.25. The standard InChI is InChI=1S/C50H86O6/c1-4-7-10-13-16-19-21-23-24-25-27-28-31-34-37-40-43-49(52)55-46-47(45-54-48(51)42-39-36-33-30-18-15-12-9-6-3)56-50(53)44-41-38-35-32-29-26-22-20-17-14-11-8-5-2/h8,11,17,19-21,24-26,29,47H,4-7,9-10,12-16,18,22-23,27-28,30-46H2,1-3H3/b11-8-,20-17-,21-19-,25-24-,29-26-. The first-order chi connectivity index (χ1) is 27.5. The number of carbonyl (C=O) groups is 3. The number of rotatable bonds is 41. The van der Waals surface area contributed by atoms with Crippen molar-refractivity contribution in [1.82, 2.24) is 0 Å². The molecular formula is C50H86O6. The van der Waals surface area contributed by atoms with Crippen LogP contribution < -0.4 is 0 Å². The molecule has 0 saturated heterocycles. The second-order valence-electron chi connectivity index (χ2n) is 15.3. The Kier molecular flexibility index (Phi) is 42.5. The molecule has 0 aromatic carbocycles. The van der Waals surface area contributed by atoms with E-state index in [9.17, 15) is 14.4 Å². The molecule has 0 saturated carbocycles. The lowest BCUT2D eigenvalue weighted by Gasteiger charge is -2.18. The second-order valence-corrected chi connectivity index (χ2v) is 15.3. The predicted octanol–water partition coefficient (Wildman–Crippen LogP) is 14.9. The van der Waals surface area contributed by atoms with Crippen LogP contribution >= 0.6 is 0 Å². The first kappa shape index (κ1) is 53.1. The number of esters is 3. The van der Waals surface area contributed by atoms with Gasteiger partial charge in [0.05, 0.1) is 0 Å². The maximum absolute atomic E-state index is 12.7. The quantitative estimate of drug-likeness (QED) is 0.0266. The summed E-state index contributed by atoms with van der Waals surface area (Å²) in [6.07, 6.45) is 53.5. The van der Waals surface area contributed by atoms with Gasteiger partial charge in [0.2, 0.25) is 0 Å². The van der Waals surface area contributed by atoms with Gasteiger partial charge in [0.15, 0.2) is 6.10 Å². The molecule has 0 aliphatic carbocycles. The minimum absolute atomic E-state index is 0.0901. The number of hydrogen-bond acceptors (Lipinski definition) is 6. The molecule has 0 aliphatic rings. The zero-order valence-electron chi connectivity index (χ0n) is 36.6. The van der Waals surface area contributed by atoms with Crippen LogP contribution in [0.5, 0.6) is 0 Å². The molecule has 1 unspecified atom stereocenters. The summed E-state index contributed by atoms with van der Waals surface area (Å²) in [4.78, 5) is 37.7. The van der Waals surface area contributed by atoms with Crippen molar-refractivity contribution in [3.63, 3.8) is 0 Å². The molecule has 0 N–H and O–H groups in total. The van der Waals surface area contributed by atoms with Crippen molar-refractivity contribution < 1.29 is 28.6 Å². The fourth-order valence-corrected chi connectivity index (χ4v) is 6.25. The average molecular weight is 783 g/mol. The number of carbonyl (C=O) groups excluding carboxylic acids is 3. The topological polar surface area (TPSA) is 78.9 Å². The average Bonchev–Trinajstić information content (AvgIpc) is 3.19. The van der Waals surface area contributed by atoms with Crippen LogP contribution in [-0.4, -0.2) is 37.2 Å². The minimum atomic E-state index is -0.790. The van der Waals surface area contributed by atoms with Crippen LogP contribution in [-0.2, 0) is 28.6 Å². The Labute approximate surface area is 345 Å². The molecule has 0 aliphatic heterocycles. The van der Waals surface area contributed by atoms with Gasteiger partial charge in [-0.2, -0.15) is 0 Å². The summed E-state index contributed by atoms with van der Waals surface area (Å²) in [7, 11) is 0. The molecule has 0 spiro atoms. The van der Waals surface area contributed by atoms with Crippen LogP contribution in [0.3, 0.4) is 0 Å². The molecular weight excluding hydrogens is 697 g/mol. The van der Waals surface area contributed by atoms with Gasteiger partial charge < -0.3 is 14.2 Å². The van der Waals surface area contributed by atoms with Gasteiger partial charge >= 0.3 is 17.9 Å². The minimum Gasteiger partial charge on any atom is -0.462 e. The third-order valence-corrected chi connectivity index (χ3v) is 9.76. The van der Waals surface area contributed by atoms with E-state index in [1.165, 1.54) is 77.0 Å². The molecule has 0 amide bonds. The van der Waals surface area contributed by atoms with Gasteiger partial charge in [-0.25, -0.2) is 0 Å². The summed E-state index contributed by atoms with van der Waals surface area (Å²) in [6.45, 7) is 6.44.